The molecule has 1 heterocycles. The maximum Gasteiger partial charge on any atom is 0.335 e. The summed E-state index contributed by atoms with van der Waals surface area (Å²) in [7, 11) is 0. The van der Waals surface area contributed by atoms with E-state index in [0.717, 1.165) is 17.0 Å². The zero-order chi connectivity index (χ0) is 17.3. The maximum atomic E-state index is 13.0. The summed E-state index contributed by atoms with van der Waals surface area (Å²) in [4.78, 5) is 37.3. The van der Waals surface area contributed by atoms with Crippen LogP contribution in [0, 0.1) is 5.82 Å². The molecule has 4 amide bonds. The third-order valence-corrected chi connectivity index (χ3v) is 3.58. The summed E-state index contributed by atoms with van der Waals surface area (Å²) in [6.45, 7) is 0. The van der Waals surface area contributed by atoms with Crippen molar-refractivity contribution in [2.24, 2.45) is 0 Å². The first kappa shape index (κ1) is 15.9. The van der Waals surface area contributed by atoms with Gasteiger partial charge in [-0.2, -0.15) is 0 Å². The molecule has 0 aromatic heterocycles. The number of nitrogens with one attached hydrogen (secondary N) is 1. The lowest BCUT2D eigenvalue weighted by Crippen LogP contribution is -2.54. The number of rotatable bonds is 2. The molecule has 24 heavy (non-hydrogen) atoms. The molecular formula is C17H10ClFN2O3. The molecule has 5 nitrogen and oxygen atoms in total. The van der Waals surface area contributed by atoms with Crippen LogP contribution in [0.5, 0.6) is 0 Å². The number of amides is 4. The number of anilines is 1. The summed E-state index contributed by atoms with van der Waals surface area (Å²) in [5, 5.41) is 2.53. The number of imide groups is 2. The molecule has 2 aromatic carbocycles. The van der Waals surface area contributed by atoms with Gasteiger partial charge in [0.25, 0.3) is 11.8 Å². The van der Waals surface area contributed by atoms with Crippen LogP contribution in [0.1, 0.15) is 5.56 Å². The van der Waals surface area contributed by atoms with Crippen molar-refractivity contribution in [3.63, 3.8) is 0 Å². The van der Waals surface area contributed by atoms with Gasteiger partial charge < -0.3 is 0 Å². The molecule has 0 unspecified atom stereocenters. The van der Waals surface area contributed by atoms with Gasteiger partial charge in [0.15, 0.2) is 0 Å². The van der Waals surface area contributed by atoms with Gasteiger partial charge >= 0.3 is 6.03 Å². The predicted molar refractivity (Wildman–Crippen MR) is 86.9 cm³/mol. The fraction of sp³-hybridized carbons (Fsp3) is 0. The topological polar surface area (TPSA) is 66.5 Å². The highest BCUT2D eigenvalue weighted by Crippen LogP contribution is 2.22. The third-order valence-electron chi connectivity index (χ3n) is 3.35. The number of hydrogen-bond donors (Lipinski definition) is 1. The van der Waals surface area contributed by atoms with Gasteiger partial charge in [-0.3, -0.25) is 14.9 Å². The van der Waals surface area contributed by atoms with Crippen molar-refractivity contribution in [2.75, 3.05) is 4.90 Å². The van der Waals surface area contributed by atoms with Crippen molar-refractivity contribution in [1.29, 1.82) is 0 Å². The van der Waals surface area contributed by atoms with E-state index in [1.807, 2.05) is 0 Å². The van der Waals surface area contributed by atoms with Crippen LogP contribution in [0.2, 0.25) is 5.02 Å². The molecular weight excluding hydrogens is 335 g/mol. The Morgan fingerprint density at radius 2 is 1.75 bits per heavy atom. The Morgan fingerprint density at radius 3 is 2.42 bits per heavy atom. The lowest BCUT2D eigenvalue weighted by atomic mass is 10.1. The molecule has 1 aliphatic heterocycles. The second-order valence-corrected chi connectivity index (χ2v) is 5.43. The van der Waals surface area contributed by atoms with Gasteiger partial charge in [0.2, 0.25) is 0 Å². The maximum absolute atomic E-state index is 13.0. The van der Waals surface area contributed by atoms with Crippen LogP contribution < -0.4 is 10.2 Å². The molecule has 0 aliphatic carbocycles. The molecule has 120 valence electrons. The van der Waals surface area contributed by atoms with E-state index >= 15 is 0 Å². The lowest BCUT2D eigenvalue weighted by molar-refractivity contribution is -0.122. The largest absolute Gasteiger partial charge is 0.335 e. The average molecular weight is 345 g/mol. The smallest absolute Gasteiger partial charge is 0.273 e. The lowest BCUT2D eigenvalue weighted by Gasteiger charge is -2.26. The van der Waals surface area contributed by atoms with E-state index in [1.54, 1.807) is 24.3 Å². The van der Waals surface area contributed by atoms with Crippen LogP contribution in [0.15, 0.2) is 54.1 Å². The summed E-state index contributed by atoms with van der Waals surface area (Å²) in [5.41, 5.74) is 0.471. The van der Waals surface area contributed by atoms with Crippen LogP contribution in [-0.2, 0) is 9.59 Å². The molecule has 1 aliphatic rings. The van der Waals surface area contributed by atoms with Crippen LogP contribution in [0.4, 0.5) is 14.9 Å². The molecule has 0 bridgehead atoms. The van der Waals surface area contributed by atoms with Gasteiger partial charge in [0.1, 0.15) is 11.4 Å². The van der Waals surface area contributed by atoms with Crippen molar-refractivity contribution in [3.05, 3.63) is 70.5 Å². The van der Waals surface area contributed by atoms with Gasteiger partial charge in [-0.05, 0) is 48.0 Å². The summed E-state index contributed by atoms with van der Waals surface area (Å²) in [6.07, 6.45) is 1.34. The van der Waals surface area contributed by atoms with Crippen molar-refractivity contribution < 1.29 is 18.8 Å². The monoisotopic (exact) mass is 344 g/mol. The number of carbonyl (C=O) groups is 3. The van der Waals surface area contributed by atoms with E-state index in [4.69, 9.17) is 11.6 Å². The quantitative estimate of drug-likeness (QED) is 0.672. The highest BCUT2D eigenvalue weighted by atomic mass is 35.5. The SMILES string of the molecule is O=C1NC(=O)N(c2ccc(F)cc2)C(=O)/C1=C/c1cccc(Cl)c1. The highest BCUT2D eigenvalue weighted by molar-refractivity contribution is 6.39. The van der Waals surface area contributed by atoms with Gasteiger partial charge in [-0.25, -0.2) is 14.1 Å². The van der Waals surface area contributed by atoms with Crippen molar-refractivity contribution in [2.45, 2.75) is 0 Å². The minimum absolute atomic E-state index is 0.156. The Bertz CT molecular complexity index is 878. The van der Waals surface area contributed by atoms with E-state index in [0.29, 0.717) is 10.6 Å². The Kier molecular flexibility index (Phi) is 4.14. The van der Waals surface area contributed by atoms with Crippen LogP contribution >= 0.6 is 11.6 Å². The fourth-order valence-electron chi connectivity index (χ4n) is 2.25. The Labute approximate surface area is 141 Å². The molecule has 0 radical (unpaired) electrons. The standard InChI is InChI=1S/C17H10ClFN2O3/c18-11-3-1-2-10(8-11)9-14-15(22)20-17(24)21(16(14)23)13-6-4-12(19)5-7-13/h1-9H,(H,20,22,24)/b14-9+. The van der Waals surface area contributed by atoms with E-state index in [-0.39, 0.29) is 11.3 Å². The number of halogens is 2. The van der Waals surface area contributed by atoms with Crippen molar-refractivity contribution >= 4 is 41.2 Å². The summed E-state index contributed by atoms with van der Waals surface area (Å²) >= 11 is 5.88. The Hall–Kier alpha value is -2.99. The van der Waals surface area contributed by atoms with E-state index < -0.39 is 23.7 Å². The van der Waals surface area contributed by atoms with Gasteiger partial charge in [0, 0.05) is 5.02 Å². The van der Waals surface area contributed by atoms with Crippen LogP contribution in [0.25, 0.3) is 6.08 Å². The highest BCUT2D eigenvalue weighted by Gasteiger charge is 2.36. The summed E-state index contributed by atoms with van der Waals surface area (Å²) < 4.78 is 13.0. The van der Waals surface area contributed by atoms with E-state index in [9.17, 15) is 18.8 Å². The Balaban J connectivity index is 2.01. The number of barbiturate groups is 1. The van der Waals surface area contributed by atoms with Gasteiger partial charge in [-0.1, -0.05) is 23.7 Å². The number of urea groups is 1. The molecule has 1 N–H and O–H groups in total. The number of nitrogens with zero attached hydrogens (tertiary/aromatic N) is 1. The number of benzene rings is 2. The molecule has 0 saturated carbocycles. The third kappa shape index (κ3) is 3.04. The number of carbonyl (C=O) groups excluding carboxylic acids is 3. The first-order chi connectivity index (χ1) is 11.5. The van der Waals surface area contributed by atoms with Crippen LogP contribution in [-0.4, -0.2) is 17.8 Å². The van der Waals surface area contributed by atoms with Crippen molar-refractivity contribution in [3.8, 4) is 0 Å². The molecule has 1 saturated heterocycles. The minimum Gasteiger partial charge on any atom is -0.273 e. The van der Waals surface area contributed by atoms with Gasteiger partial charge in [0.05, 0.1) is 5.69 Å². The molecule has 7 heteroatoms. The molecule has 0 atom stereocenters. The number of hydrogen-bond acceptors (Lipinski definition) is 3. The average Bonchev–Trinajstić information content (AvgIpc) is 2.53. The zero-order valence-corrected chi connectivity index (χ0v) is 12.9. The van der Waals surface area contributed by atoms with Crippen LogP contribution in [0.3, 0.4) is 0 Å². The van der Waals surface area contributed by atoms with E-state index in [1.165, 1.54) is 18.2 Å². The predicted octanol–water partition coefficient (Wildman–Crippen LogP) is 3.15. The Morgan fingerprint density at radius 1 is 1.04 bits per heavy atom. The van der Waals surface area contributed by atoms with Gasteiger partial charge in [-0.15, -0.1) is 0 Å². The fourth-order valence-corrected chi connectivity index (χ4v) is 2.44. The molecule has 2 aromatic rings. The second kappa shape index (κ2) is 6.25. The molecule has 3 rings (SSSR count). The first-order valence-corrected chi connectivity index (χ1v) is 7.26. The summed E-state index contributed by atoms with van der Waals surface area (Å²) in [6, 6.07) is 10.5. The normalized spacial score (nSPS) is 16.5. The van der Waals surface area contributed by atoms with E-state index in [2.05, 4.69) is 5.32 Å². The molecule has 0 spiro atoms. The second-order valence-electron chi connectivity index (χ2n) is 4.99. The first-order valence-electron chi connectivity index (χ1n) is 6.88. The zero-order valence-electron chi connectivity index (χ0n) is 12.1. The summed E-state index contributed by atoms with van der Waals surface area (Å²) in [5.74, 6) is -2.10. The molecule has 1 fully saturated rings. The minimum atomic E-state index is -0.889. The van der Waals surface area contributed by atoms with Crippen molar-refractivity contribution in [1.82, 2.24) is 5.32 Å².